The number of amides is 1. The molecule has 1 saturated heterocycles. The van der Waals surface area contributed by atoms with E-state index in [0.29, 0.717) is 32.8 Å². The molecule has 0 aromatic rings. The summed E-state index contributed by atoms with van der Waals surface area (Å²) < 4.78 is 10.9. The summed E-state index contributed by atoms with van der Waals surface area (Å²) in [4.78, 5) is 14.0. The Bertz CT molecular complexity index is 339. The van der Waals surface area contributed by atoms with Gasteiger partial charge in [0.1, 0.15) is 5.60 Å². The molecule has 1 fully saturated rings. The van der Waals surface area contributed by atoms with Crippen LogP contribution in [0.3, 0.4) is 0 Å². The van der Waals surface area contributed by atoms with Crippen molar-refractivity contribution in [3.05, 3.63) is 0 Å². The van der Waals surface area contributed by atoms with Gasteiger partial charge in [-0.2, -0.15) is 0 Å². The van der Waals surface area contributed by atoms with Crippen LogP contribution in [0.25, 0.3) is 0 Å². The van der Waals surface area contributed by atoms with E-state index in [2.05, 4.69) is 5.32 Å². The quantitative estimate of drug-likeness (QED) is 0.799. The Morgan fingerprint density at radius 3 is 2.62 bits per heavy atom. The summed E-state index contributed by atoms with van der Waals surface area (Å²) in [5.41, 5.74) is -0.668. The van der Waals surface area contributed by atoms with Crippen LogP contribution in [0, 0.1) is 5.41 Å². The van der Waals surface area contributed by atoms with Crippen LogP contribution in [0.2, 0.25) is 0 Å². The SMILES string of the molecule is CC(C)(CO)CNCC1COCCN1C(=O)OC(C)(C)C. The molecule has 0 spiro atoms. The Kier molecular flexibility index (Phi) is 6.43. The van der Waals surface area contributed by atoms with Crippen LogP contribution in [0.1, 0.15) is 34.6 Å². The molecule has 0 bridgehead atoms. The van der Waals surface area contributed by atoms with Gasteiger partial charge in [0.2, 0.25) is 0 Å². The lowest BCUT2D eigenvalue weighted by Gasteiger charge is -2.37. The van der Waals surface area contributed by atoms with Gasteiger partial charge in [-0.15, -0.1) is 0 Å². The smallest absolute Gasteiger partial charge is 0.410 e. The van der Waals surface area contributed by atoms with E-state index in [1.807, 2.05) is 34.6 Å². The number of carbonyl (C=O) groups excluding carboxylic acids is 1. The number of aliphatic hydroxyl groups is 1. The second-order valence-corrected chi connectivity index (χ2v) is 7.36. The molecule has 6 heteroatoms. The first-order chi connectivity index (χ1) is 9.64. The van der Waals surface area contributed by atoms with Crippen molar-refractivity contribution in [2.75, 3.05) is 39.5 Å². The molecule has 1 unspecified atom stereocenters. The maximum absolute atomic E-state index is 12.2. The Morgan fingerprint density at radius 1 is 1.38 bits per heavy atom. The minimum atomic E-state index is -0.494. The molecule has 1 rings (SSSR count). The van der Waals surface area contributed by atoms with Crippen molar-refractivity contribution >= 4 is 6.09 Å². The Morgan fingerprint density at radius 2 is 2.05 bits per heavy atom. The van der Waals surface area contributed by atoms with Gasteiger partial charge in [-0.25, -0.2) is 4.79 Å². The number of hydrogen-bond donors (Lipinski definition) is 2. The first-order valence-electron chi connectivity index (χ1n) is 7.53. The highest BCUT2D eigenvalue weighted by atomic mass is 16.6. The lowest BCUT2D eigenvalue weighted by atomic mass is 9.95. The van der Waals surface area contributed by atoms with Crippen molar-refractivity contribution in [1.29, 1.82) is 0 Å². The lowest BCUT2D eigenvalue weighted by molar-refractivity contribution is -0.0322. The molecule has 0 aromatic carbocycles. The van der Waals surface area contributed by atoms with Crippen molar-refractivity contribution in [2.24, 2.45) is 5.41 Å². The van der Waals surface area contributed by atoms with Gasteiger partial charge < -0.3 is 19.9 Å². The fraction of sp³-hybridized carbons (Fsp3) is 0.933. The third-order valence-electron chi connectivity index (χ3n) is 3.27. The molecule has 0 aliphatic carbocycles. The molecule has 2 N–H and O–H groups in total. The Balaban J connectivity index is 2.51. The summed E-state index contributed by atoms with van der Waals surface area (Å²) in [7, 11) is 0. The minimum absolute atomic E-state index is 0.0388. The molecular formula is C15H30N2O4. The standard InChI is InChI=1S/C15H30N2O4/c1-14(2,3)21-13(19)17-6-7-20-9-12(17)8-16-10-15(4,5)11-18/h12,16,18H,6-11H2,1-5H3. The highest BCUT2D eigenvalue weighted by molar-refractivity contribution is 5.68. The largest absolute Gasteiger partial charge is 0.444 e. The van der Waals surface area contributed by atoms with E-state index in [1.165, 1.54) is 0 Å². The second-order valence-electron chi connectivity index (χ2n) is 7.36. The number of rotatable bonds is 5. The fourth-order valence-electron chi connectivity index (χ4n) is 2.02. The van der Waals surface area contributed by atoms with Gasteiger partial charge in [-0.1, -0.05) is 13.8 Å². The van der Waals surface area contributed by atoms with Crippen LogP contribution in [0.15, 0.2) is 0 Å². The third-order valence-corrected chi connectivity index (χ3v) is 3.27. The van der Waals surface area contributed by atoms with E-state index >= 15 is 0 Å². The molecule has 1 amide bonds. The van der Waals surface area contributed by atoms with Gasteiger partial charge in [-0.05, 0) is 20.8 Å². The molecule has 124 valence electrons. The zero-order valence-corrected chi connectivity index (χ0v) is 13.9. The molecule has 1 heterocycles. The molecule has 1 aliphatic heterocycles. The number of nitrogens with zero attached hydrogens (tertiary/aromatic N) is 1. The number of ether oxygens (including phenoxy) is 2. The number of nitrogens with one attached hydrogen (secondary N) is 1. The third kappa shape index (κ3) is 6.63. The van der Waals surface area contributed by atoms with Gasteiger partial charge in [0.25, 0.3) is 0 Å². The highest BCUT2D eigenvalue weighted by Crippen LogP contribution is 2.15. The summed E-state index contributed by atoms with van der Waals surface area (Å²) in [6.45, 7) is 12.6. The second kappa shape index (κ2) is 7.42. The molecule has 21 heavy (non-hydrogen) atoms. The van der Waals surface area contributed by atoms with Crippen LogP contribution in [-0.2, 0) is 9.47 Å². The van der Waals surface area contributed by atoms with Crippen molar-refractivity contribution in [3.63, 3.8) is 0 Å². The molecule has 0 aromatic heterocycles. The predicted molar refractivity (Wildman–Crippen MR) is 81.3 cm³/mol. The van der Waals surface area contributed by atoms with Gasteiger partial charge in [0, 0.05) is 31.7 Å². The van der Waals surface area contributed by atoms with Gasteiger partial charge >= 0.3 is 6.09 Å². The van der Waals surface area contributed by atoms with E-state index < -0.39 is 5.60 Å². The molecule has 6 nitrogen and oxygen atoms in total. The summed E-state index contributed by atoms with van der Waals surface area (Å²) in [5.74, 6) is 0. The van der Waals surface area contributed by atoms with Crippen molar-refractivity contribution < 1.29 is 19.4 Å². The van der Waals surface area contributed by atoms with E-state index in [9.17, 15) is 9.90 Å². The van der Waals surface area contributed by atoms with Crippen LogP contribution in [0.4, 0.5) is 4.79 Å². The van der Waals surface area contributed by atoms with Crippen LogP contribution in [-0.4, -0.2) is 67.2 Å². The maximum atomic E-state index is 12.2. The highest BCUT2D eigenvalue weighted by Gasteiger charge is 2.31. The summed E-state index contributed by atoms with van der Waals surface area (Å²) in [5, 5.41) is 12.6. The molecule has 0 radical (unpaired) electrons. The van der Waals surface area contributed by atoms with E-state index in [1.54, 1.807) is 4.90 Å². The Hall–Kier alpha value is -0.850. The minimum Gasteiger partial charge on any atom is -0.444 e. The van der Waals surface area contributed by atoms with Crippen LogP contribution >= 0.6 is 0 Å². The molecular weight excluding hydrogens is 272 g/mol. The van der Waals surface area contributed by atoms with Crippen LogP contribution in [0.5, 0.6) is 0 Å². The monoisotopic (exact) mass is 302 g/mol. The van der Waals surface area contributed by atoms with Crippen molar-refractivity contribution in [2.45, 2.75) is 46.3 Å². The topological polar surface area (TPSA) is 71.0 Å². The molecule has 1 atom stereocenters. The molecule has 1 aliphatic rings. The van der Waals surface area contributed by atoms with E-state index in [0.717, 1.165) is 0 Å². The number of hydrogen-bond acceptors (Lipinski definition) is 5. The van der Waals surface area contributed by atoms with Crippen LogP contribution < -0.4 is 5.32 Å². The van der Waals surface area contributed by atoms with Gasteiger partial charge in [0.05, 0.1) is 19.3 Å². The average Bonchev–Trinajstić information content (AvgIpc) is 2.37. The lowest BCUT2D eigenvalue weighted by Crippen LogP contribution is -2.54. The number of morpholine rings is 1. The summed E-state index contributed by atoms with van der Waals surface area (Å²) in [6.07, 6.45) is -0.293. The van der Waals surface area contributed by atoms with Crippen molar-refractivity contribution in [3.8, 4) is 0 Å². The van der Waals surface area contributed by atoms with Gasteiger partial charge in [-0.3, -0.25) is 4.90 Å². The van der Waals surface area contributed by atoms with E-state index in [4.69, 9.17) is 9.47 Å². The molecule has 0 saturated carbocycles. The zero-order valence-electron chi connectivity index (χ0n) is 13.9. The maximum Gasteiger partial charge on any atom is 0.410 e. The normalized spacial score (nSPS) is 20.5. The van der Waals surface area contributed by atoms with Crippen molar-refractivity contribution in [1.82, 2.24) is 10.2 Å². The summed E-state index contributed by atoms with van der Waals surface area (Å²) in [6, 6.07) is -0.0388. The average molecular weight is 302 g/mol. The van der Waals surface area contributed by atoms with E-state index in [-0.39, 0.29) is 24.2 Å². The number of aliphatic hydroxyl groups excluding tert-OH is 1. The fourth-order valence-corrected chi connectivity index (χ4v) is 2.02. The van der Waals surface area contributed by atoms with Gasteiger partial charge in [0.15, 0.2) is 0 Å². The Labute approximate surface area is 127 Å². The predicted octanol–water partition coefficient (Wildman–Crippen LogP) is 1.23. The zero-order chi connectivity index (χ0) is 16.1. The first kappa shape index (κ1) is 18.2. The number of carbonyl (C=O) groups is 1. The first-order valence-corrected chi connectivity index (χ1v) is 7.53. The summed E-state index contributed by atoms with van der Waals surface area (Å²) >= 11 is 0.